The van der Waals surface area contributed by atoms with E-state index >= 15 is 0 Å². The highest BCUT2D eigenvalue weighted by molar-refractivity contribution is 5.29. The molecule has 1 heteroatoms. The average molecular weight is 271 g/mol. The normalized spacial score (nSPS) is 36.2. The summed E-state index contributed by atoms with van der Waals surface area (Å²) >= 11 is 0. The van der Waals surface area contributed by atoms with Crippen molar-refractivity contribution in [3.8, 4) is 0 Å². The summed E-state index contributed by atoms with van der Waals surface area (Å²) in [7, 11) is 0. The molecule has 0 saturated heterocycles. The summed E-state index contributed by atoms with van der Waals surface area (Å²) in [4.78, 5) is 0. The predicted octanol–water partition coefficient (Wildman–Crippen LogP) is 4.86. The Hall–Kier alpha value is -0.820. The number of nitrogens with one attached hydrogen (secondary N) is 1. The molecule has 4 atom stereocenters. The van der Waals surface area contributed by atoms with Crippen molar-refractivity contribution in [3.63, 3.8) is 0 Å². The first-order chi connectivity index (χ1) is 9.34. The number of aryl methyl sites for hydroxylation is 1. The summed E-state index contributed by atoms with van der Waals surface area (Å²) in [6, 6.07) is 9.87. The second-order valence-electron chi connectivity index (χ2n) is 8.09. The van der Waals surface area contributed by atoms with Crippen LogP contribution in [0.25, 0.3) is 0 Å². The summed E-state index contributed by atoms with van der Waals surface area (Å²) in [5, 5.41) is 4.00. The zero-order valence-corrected chi connectivity index (χ0v) is 13.7. The molecule has 1 aromatic rings. The summed E-state index contributed by atoms with van der Waals surface area (Å²) in [5.74, 6) is 0.911. The van der Waals surface area contributed by atoms with Crippen molar-refractivity contribution < 1.29 is 0 Å². The van der Waals surface area contributed by atoms with E-state index in [0.29, 0.717) is 22.9 Å². The molecule has 1 nitrogen and oxygen atoms in total. The van der Waals surface area contributed by atoms with Crippen LogP contribution in [-0.2, 0) is 0 Å². The second-order valence-corrected chi connectivity index (χ2v) is 8.09. The monoisotopic (exact) mass is 271 g/mol. The van der Waals surface area contributed by atoms with Crippen LogP contribution in [0.3, 0.4) is 0 Å². The van der Waals surface area contributed by atoms with Crippen molar-refractivity contribution >= 4 is 0 Å². The minimum absolute atomic E-state index is 0.434. The van der Waals surface area contributed by atoms with E-state index in [9.17, 15) is 0 Å². The van der Waals surface area contributed by atoms with Gasteiger partial charge in [0.15, 0.2) is 0 Å². The van der Waals surface area contributed by atoms with Gasteiger partial charge in [-0.1, -0.05) is 45.0 Å². The summed E-state index contributed by atoms with van der Waals surface area (Å²) in [6.07, 6.45) is 4.25. The lowest BCUT2D eigenvalue weighted by Gasteiger charge is -2.45. The van der Waals surface area contributed by atoms with E-state index in [1.807, 2.05) is 0 Å². The molecule has 0 aliphatic heterocycles. The van der Waals surface area contributed by atoms with Crippen molar-refractivity contribution in [1.82, 2.24) is 5.32 Å². The number of fused-ring (bicyclic) bond motifs is 2. The number of rotatable bonds is 3. The van der Waals surface area contributed by atoms with Crippen LogP contribution in [0.2, 0.25) is 0 Å². The fourth-order valence-corrected chi connectivity index (χ4v) is 5.13. The molecule has 0 spiro atoms. The van der Waals surface area contributed by atoms with E-state index in [1.165, 1.54) is 30.4 Å². The van der Waals surface area contributed by atoms with Gasteiger partial charge in [-0.2, -0.15) is 0 Å². The van der Waals surface area contributed by atoms with E-state index in [4.69, 9.17) is 0 Å². The molecule has 2 fully saturated rings. The largest absolute Gasteiger partial charge is 0.306 e. The maximum Gasteiger partial charge on any atom is 0.0297 e. The predicted molar refractivity (Wildman–Crippen MR) is 85.7 cm³/mol. The first-order valence-electron chi connectivity index (χ1n) is 8.16. The molecule has 2 aliphatic carbocycles. The van der Waals surface area contributed by atoms with Crippen LogP contribution in [0.15, 0.2) is 24.3 Å². The van der Waals surface area contributed by atoms with Crippen LogP contribution in [0.4, 0.5) is 0 Å². The van der Waals surface area contributed by atoms with Crippen molar-refractivity contribution in [2.24, 2.45) is 16.7 Å². The van der Waals surface area contributed by atoms with Gasteiger partial charge in [-0.3, -0.25) is 0 Å². The zero-order valence-electron chi connectivity index (χ0n) is 13.7. The lowest BCUT2D eigenvalue weighted by molar-refractivity contribution is 0.100. The first-order valence-corrected chi connectivity index (χ1v) is 8.16. The van der Waals surface area contributed by atoms with Crippen LogP contribution in [0, 0.1) is 23.7 Å². The van der Waals surface area contributed by atoms with E-state index in [1.54, 1.807) is 0 Å². The quantitative estimate of drug-likeness (QED) is 0.827. The highest BCUT2D eigenvalue weighted by Crippen LogP contribution is 2.62. The molecule has 2 bridgehead atoms. The fraction of sp³-hybridized carbons (Fsp3) is 0.684. The lowest BCUT2D eigenvalue weighted by Crippen LogP contribution is -2.51. The Morgan fingerprint density at radius 1 is 1.20 bits per heavy atom. The van der Waals surface area contributed by atoms with Gasteiger partial charge in [0.05, 0.1) is 0 Å². The minimum Gasteiger partial charge on any atom is -0.306 e. The third-order valence-electron chi connectivity index (χ3n) is 6.34. The summed E-state index contributed by atoms with van der Waals surface area (Å²) < 4.78 is 0. The molecular weight excluding hydrogens is 242 g/mol. The van der Waals surface area contributed by atoms with Crippen molar-refractivity contribution in [3.05, 3.63) is 35.4 Å². The highest BCUT2D eigenvalue weighted by Gasteiger charge is 2.59. The zero-order chi connectivity index (χ0) is 14.5. The molecule has 110 valence electrons. The fourth-order valence-electron chi connectivity index (χ4n) is 5.13. The van der Waals surface area contributed by atoms with Crippen LogP contribution in [-0.4, -0.2) is 6.04 Å². The van der Waals surface area contributed by atoms with Gasteiger partial charge in [0.25, 0.3) is 0 Å². The molecule has 1 unspecified atom stereocenters. The van der Waals surface area contributed by atoms with E-state index in [2.05, 4.69) is 64.2 Å². The van der Waals surface area contributed by atoms with Crippen LogP contribution in [0.1, 0.15) is 64.1 Å². The van der Waals surface area contributed by atoms with Crippen molar-refractivity contribution in [2.75, 3.05) is 0 Å². The van der Waals surface area contributed by atoms with Gasteiger partial charge < -0.3 is 5.32 Å². The van der Waals surface area contributed by atoms with Gasteiger partial charge in [-0.05, 0) is 61.0 Å². The first kappa shape index (κ1) is 14.1. The number of benzene rings is 1. The maximum atomic E-state index is 4.00. The van der Waals surface area contributed by atoms with Gasteiger partial charge in [0, 0.05) is 12.1 Å². The molecule has 0 heterocycles. The van der Waals surface area contributed by atoms with E-state index in [-0.39, 0.29) is 0 Å². The molecule has 0 radical (unpaired) electrons. The Bertz CT molecular complexity index is 499. The molecule has 3 rings (SSSR count). The van der Waals surface area contributed by atoms with E-state index in [0.717, 1.165) is 5.92 Å². The van der Waals surface area contributed by atoms with Gasteiger partial charge in [-0.25, -0.2) is 0 Å². The van der Waals surface area contributed by atoms with E-state index < -0.39 is 0 Å². The molecule has 0 aromatic heterocycles. The standard InChI is InChI=1S/C19H29N/c1-13-8-6-7-9-16(13)14(2)20-17-18(3,4)15-10-11-19(17,5)12-15/h6-9,14-15,17,20H,10-12H2,1-5H3/t14-,15+,17?,19-/m1/s1. The SMILES string of the molecule is Cc1ccccc1[C@@H](C)NC1C(C)(C)[C@H]2CC[C@]1(C)C2. The molecule has 0 amide bonds. The molecular formula is C19H29N. The van der Waals surface area contributed by atoms with Crippen LogP contribution >= 0.6 is 0 Å². The average Bonchev–Trinajstić information content (AvgIpc) is 2.86. The Morgan fingerprint density at radius 3 is 2.50 bits per heavy atom. The summed E-state index contributed by atoms with van der Waals surface area (Å²) in [6.45, 7) is 12.0. The number of hydrogen-bond donors (Lipinski definition) is 1. The Morgan fingerprint density at radius 2 is 1.90 bits per heavy atom. The highest BCUT2D eigenvalue weighted by atomic mass is 15.0. The van der Waals surface area contributed by atoms with Crippen molar-refractivity contribution in [2.45, 2.75) is 66.0 Å². The third-order valence-corrected chi connectivity index (χ3v) is 6.34. The second kappa shape index (κ2) is 4.59. The molecule has 1 N–H and O–H groups in total. The number of hydrogen-bond acceptors (Lipinski definition) is 1. The van der Waals surface area contributed by atoms with Gasteiger partial charge in [-0.15, -0.1) is 0 Å². The lowest BCUT2D eigenvalue weighted by atomic mass is 9.68. The minimum atomic E-state index is 0.434. The molecule has 1 aromatic carbocycles. The Balaban J connectivity index is 1.83. The van der Waals surface area contributed by atoms with Gasteiger partial charge in [0.1, 0.15) is 0 Å². The van der Waals surface area contributed by atoms with Gasteiger partial charge in [0.2, 0.25) is 0 Å². The third kappa shape index (κ3) is 2.02. The topological polar surface area (TPSA) is 12.0 Å². The Labute approximate surface area is 124 Å². The molecule has 2 aliphatic rings. The smallest absolute Gasteiger partial charge is 0.0297 e. The molecule has 2 saturated carbocycles. The van der Waals surface area contributed by atoms with Crippen LogP contribution < -0.4 is 5.32 Å². The Kier molecular flexibility index (Phi) is 3.25. The van der Waals surface area contributed by atoms with Crippen LogP contribution in [0.5, 0.6) is 0 Å². The summed E-state index contributed by atoms with van der Waals surface area (Å²) in [5.41, 5.74) is 3.79. The van der Waals surface area contributed by atoms with Gasteiger partial charge >= 0.3 is 0 Å². The maximum absolute atomic E-state index is 4.00. The van der Waals surface area contributed by atoms with Crippen molar-refractivity contribution in [1.29, 1.82) is 0 Å². The molecule has 20 heavy (non-hydrogen) atoms.